The number of H-pyrrole nitrogens is 1. The molecular formula is C25H21ClFN3O2. The molecule has 0 aliphatic carbocycles. The Bertz CT molecular complexity index is 1300. The minimum atomic E-state index is -0.325. The number of hydrogen-bond acceptors (Lipinski definition) is 2. The van der Waals surface area contributed by atoms with Gasteiger partial charge in [-0.3, -0.25) is 9.59 Å². The van der Waals surface area contributed by atoms with E-state index < -0.39 is 0 Å². The zero-order valence-electron chi connectivity index (χ0n) is 17.3. The second-order valence-electron chi connectivity index (χ2n) is 7.35. The molecule has 162 valence electrons. The van der Waals surface area contributed by atoms with Crippen molar-refractivity contribution in [2.45, 2.75) is 12.8 Å². The van der Waals surface area contributed by atoms with Gasteiger partial charge in [0.1, 0.15) is 5.82 Å². The summed E-state index contributed by atoms with van der Waals surface area (Å²) in [5.74, 6) is -0.816. The topological polar surface area (TPSA) is 74.0 Å². The Labute approximate surface area is 189 Å². The number of nitrogens with one attached hydrogen (secondary N) is 3. The van der Waals surface area contributed by atoms with E-state index in [1.165, 1.54) is 19.2 Å². The summed E-state index contributed by atoms with van der Waals surface area (Å²) in [6.07, 6.45) is 0.715. The van der Waals surface area contributed by atoms with Crippen LogP contribution in [0.4, 0.5) is 10.1 Å². The third-order valence-electron chi connectivity index (χ3n) is 5.27. The van der Waals surface area contributed by atoms with Crippen LogP contribution < -0.4 is 10.6 Å². The first-order chi connectivity index (χ1) is 15.5. The van der Waals surface area contributed by atoms with E-state index in [4.69, 9.17) is 11.6 Å². The molecule has 4 aromatic rings. The fraction of sp³-hybridized carbons (Fsp3) is 0.120. The van der Waals surface area contributed by atoms with Crippen molar-refractivity contribution in [3.63, 3.8) is 0 Å². The Hall–Kier alpha value is -3.64. The monoisotopic (exact) mass is 449 g/mol. The smallest absolute Gasteiger partial charge is 0.252 e. The SMILES string of the molecule is CNC(=O)c1cc(NC(=O)CCc2c(-c3ccc(F)cc3)[nH]c3ccccc23)ccc1Cl. The Morgan fingerprint density at radius 1 is 1.03 bits per heavy atom. The van der Waals surface area contributed by atoms with Crippen molar-refractivity contribution in [1.29, 1.82) is 0 Å². The molecule has 4 rings (SSSR count). The van der Waals surface area contributed by atoms with Gasteiger partial charge in [0.15, 0.2) is 0 Å². The number of aromatic amines is 1. The first-order valence-corrected chi connectivity index (χ1v) is 10.5. The quantitative estimate of drug-likeness (QED) is 0.360. The number of benzene rings is 3. The van der Waals surface area contributed by atoms with E-state index in [1.54, 1.807) is 30.3 Å². The van der Waals surface area contributed by atoms with Gasteiger partial charge in [-0.1, -0.05) is 29.8 Å². The summed E-state index contributed by atoms with van der Waals surface area (Å²) in [7, 11) is 1.52. The number of anilines is 1. The van der Waals surface area contributed by atoms with Crippen LogP contribution in [-0.4, -0.2) is 23.8 Å². The molecule has 0 saturated carbocycles. The molecule has 0 saturated heterocycles. The third kappa shape index (κ3) is 4.50. The molecule has 0 radical (unpaired) electrons. The molecular weight excluding hydrogens is 429 g/mol. The number of aromatic nitrogens is 1. The summed E-state index contributed by atoms with van der Waals surface area (Å²) in [5.41, 5.74) is 4.45. The maximum absolute atomic E-state index is 13.4. The molecule has 0 atom stereocenters. The number of rotatable bonds is 6. The van der Waals surface area contributed by atoms with Crippen LogP contribution in [0.1, 0.15) is 22.3 Å². The molecule has 3 N–H and O–H groups in total. The van der Waals surface area contributed by atoms with Crippen LogP contribution in [-0.2, 0) is 11.2 Å². The van der Waals surface area contributed by atoms with Gasteiger partial charge < -0.3 is 15.6 Å². The first kappa shape index (κ1) is 21.6. The number of carbonyl (C=O) groups excluding carboxylic acids is 2. The van der Waals surface area contributed by atoms with Gasteiger partial charge in [0.05, 0.1) is 10.6 Å². The Kier molecular flexibility index (Phi) is 6.23. The Morgan fingerprint density at radius 3 is 2.53 bits per heavy atom. The average Bonchev–Trinajstić information content (AvgIpc) is 3.17. The normalized spacial score (nSPS) is 10.8. The second-order valence-corrected chi connectivity index (χ2v) is 7.76. The predicted molar refractivity (Wildman–Crippen MR) is 125 cm³/mol. The van der Waals surface area contributed by atoms with Crippen LogP contribution in [0.2, 0.25) is 5.02 Å². The number of hydrogen-bond donors (Lipinski definition) is 3. The summed E-state index contributed by atoms with van der Waals surface area (Å²) in [6.45, 7) is 0. The summed E-state index contributed by atoms with van der Waals surface area (Å²) in [6, 6.07) is 18.9. The number of amides is 2. The third-order valence-corrected chi connectivity index (χ3v) is 5.60. The fourth-order valence-electron chi connectivity index (χ4n) is 3.70. The summed E-state index contributed by atoms with van der Waals surface area (Å²) < 4.78 is 13.4. The summed E-state index contributed by atoms with van der Waals surface area (Å²) >= 11 is 6.08. The average molecular weight is 450 g/mol. The van der Waals surface area contributed by atoms with Gasteiger partial charge in [-0.25, -0.2) is 4.39 Å². The first-order valence-electron chi connectivity index (χ1n) is 10.1. The highest BCUT2D eigenvalue weighted by Gasteiger charge is 2.16. The molecule has 1 heterocycles. The van der Waals surface area contributed by atoms with E-state index in [1.807, 2.05) is 24.3 Å². The molecule has 0 unspecified atom stereocenters. The number of para-hydroxylation sites is 1. The van der Waals surface area contributed by atoms with Crippen molar-refractivity contribution in [3.8, 4) is 11.3 Å². The van der Waals surface area contributed by atoms with E-state index >= 15 is 0 Å². The molecule has 0 fully saturated rings. The van der Waals surface area contributed by atoms with Crippen LogP contribution in [0.3, 0.4) is 0 Å². The lowest BCUT2D eigenvalue weighted by atomic mass is 10.0. The maximum atomic E-state index is 13.4. The van der Waals surface area contributed by atoms with Crippen LogP contribution in [0.5, 0.6) is 0 Å². The lowest BCUT2D eigenvalue weighted by molar-refractivity contribution is -0.116. The molecule has 0 spiro atoms. The van der Waals surface area contributed by atoms with Gasteiger partial charge in [0.25, 0.3) is 5.91 Å². The molecule has 0 aliphatic rings. The van der Waals surface area contributed by atoms with E-state index in [0.717, 1.165) is 27.7 Å². The standard InChI is InChI=1S/C25H21ClFN3O2/c1-28-25(32)20-14-17(10-12-21(20)26)29-23(31)13-11-19-18-4-2-3-5-22(18)30-24(19)15-6-8-16(27)9-7-15/h2-10,12,14,30H,11,13H2,1H3,(H,28,32)(H,29,31). The Morgan fingerprint density at radius 2 is 1.78 bits per heavy atom. The van der Waals surface area contributed by atoms with Crippen molar-refractivity contribution >= 4 is 40.0 Å². The van der Waals surface area contributed by atoms with Crippen LogP contribution in [0.15, 0.2) is 66.7 Å². The van der Waals surface area contributed by atoms with Crippen molar-refractivity contribution in [2.75, 3.05) is 12.4 Å². The van der Waals surface area contributed by atoms with Crippen molar-refractivity contribution in [3.05, 3.63) is 88.7 Å². The van der Waals surface area contributed by atoms with Crippen LogP contribution >= 0.6 is 11.6 Å². The van der Waals surface area contributed by atoms with E-state index in [-0.39, 0.29) is 24.1 Å². The molecule has 3 aromatic carbocycles. The summed E-state index contributed by atoms with van der Waals surface area (Å²) in [4.78, 5) is 28.0. The largest absolute Gasteiger partial charge is 0.355 e. The zero-order chi connectivity index (χ0) is 22.7. The molecule has 0 bridgehead atoms. The molecule has 32 heavy (non-hydrogen) atoms. The van der Waals surface area contributed by atoms with Crippen LogP contribution in [0.25, 0.3) is 22.2 Å². The number of aryl methyl sites for hydroxylation is 1. The van der Waals surface area contributed by atoms with Crippen LogP contribution in [0, 0.1) is 5.82 Å². The van der Waals surface area contributed by atoms with Gasteiger partial charge in [-0.15, -0.1) is 0 Å². The minimum Gasteiger partial charge on any atom is -0.355 e. The van der Waals surface area contributed by atoms with E-state index in [0.29, 0.717) is 22.7 Å². The van der Waals surface area contributed by atoms with E-state index in [2.05, 4.69) is 15.6 Å². The lowest BCUT2D eigenvalue weighted by Gasteiger charge is -2.09. The molecule has 2 amide bonds. The van der Waals surface area contributed by atoms with Crippen molar-refractivity contribution < 1.29 is 14.0 Å². The zero-order valence-corrected chi connectivity index (χ0v) is 18.1. The highest BCUT2D eigenvalue weighted by molar-refractivity contribution is 6.34. The second kappa shape index (κ2) is 9.24. The lowest BCUT2D eigenvalue weighted by Crippen LogP contribution is -2.19. The number of carbonyl (C=O) groups is 2. The van der Waals surface area contributed by atoms with Crippen molar-refractivity contribution in [1.82, 2.24) is 10.3 Å². The Balaban J connectivity index is 1.55. The van der Waals surface area contributed by atoms with E-state index in [9.17, 15) is 14.0 Å². The van der Waals surface area contributed by atoms with Gasteiger partial charge in [-0.05, 0) is 66.1 Å². The maximum Gasteiger partial charge on any atom is 0.252 e. The van der Waals surface area contributed by atoms with Gasteiger partial charge in [0.2, 0.25) is 5.91 Å². The fourth-order valence-corrected chi connectivity index (χ4v) is 3.90. The highest BCUT2D eigenvalue weighted by atomic mass is 35.5. The van der Waals surface area contributed by atoms with Gasteiger partial charge >= 0.3 is 0 Å². The van der Waals surface area contributed by atoms with Gasteiger partial charge in [0, 0.05) is 35.8 Å². The summed E-state index contributed by atoms with van der Waals surface area (Å²) in [5, 5.41) is 6.69. The highest BCUT2D eigenvalue weighted by Crippen LogP contribution is 2.31. The number of fused-ring (bicyclic) bond motifs is 1. The van der Waals surface area contributed by atoms with Crippen molar-refractivity contribution in [2.24, 2.45) is 0 Å². The molecule has 1 aromatic heterocycles. The minimum absolute atomic E-state index is 0.189. The van der Waals surface area contributed by atoms with Gasteiger partial charge in [-0.2, -0.15) is 0 Å². The molecule has 7 heteroatoms. The predicted octanol–water partition coefficient (Wildman–Crippen LogP) is 5.56. The number of halogens is 2. The molecule has 5 nitrogen and oxygen atoms in total. The molecule has 0 aliphatic heterocycles.